The summed E-state index contributed by atoms with van der Waals surface area (Å²) in [5.41, 5.74) is 6.78. The van der Waals surface area contributed by atoms with E-state index in [1.165, 1.54) is 0 Å². The minimum absolute atomic E-state index is 0.0122. The van der Waals surface area contributed by atoms with Gasteiger partial charge in [-0.2, -0.15) is 0 Å². The molecule has 2 unspecified atom stereocenters. The maximum Gasteiger partial charge on any atom is 0.240 e. The largest absolute Gasteiger partial charge is 0.497 e. The molecule has 1 aromatic heterocycles. The third-order valence-corrected chi connectivity index (χ3v) is 4.05. The van der Waals surface area contributed by atoms with Crippen LogP contribution in [0.4, 0.5) is 0 Å². The number of carbonyl (C=O) groups excluding carboxylic acids is 2. The van der Waals surface area contributed by atoms with Crippen molar-refractivity contribution in [1.82, 2.24) is 5.32 Å². The quantitative estimate of drug-likeness (QED) is 0.816. The zero-order valence-electron chi connectivity index (χ0n) is 13.6. The Morgan fingerprint density at radius 3 is 2.74 bits per heavy atom. The van der Waals surface area contributed by atoms with Gasteiger partial charge >= 0.3 is 0 Å². The van der Waals surface area contributed by atoms with Crippen molar-refractivity contribution < 1.29 is 18.7 Å². The Morgan fingerprint density at radius 1 is 1.39 bits per heavy atom. The van der Waals surface area contributed by atoms with E-state index in [0.29, 0.717) is 11.3 Å². The second-order valence-corrected chi connectivity index (χ2v) is 5.63. The van der Waals surface area contributed by atoms with E-state index in [-0.39, 0.29) is 18.2 Å². The maximum absolute atomic E-state index is 12.2. The Bertz CT molecular complexity index is 708. The second kappa shape index (κ2) is 7.17. The fraction of sp³-hybridized carbons (Fsp3) is 0.412. The van der Waals surface area contributed by atoms with E-state index < -0.39 is 11.9 Å². The van der Waals surface area contributed by atoms with Crippen LogP contribution in [0.5, 0.6) is 5.75 Å². The van der Waals surface area contributed by atoms with Gasteiger partial charge < -0.3 is 20.2 Å². The van der Waals surface area contributed by atoms with Crippen LogP contribution >= 0.6 is 0 Å². The number of fused-ring (bicyclic) bond motifs is 1. The smallest absolute Gasteiger partial charge is 0.240 e. The molecule has 0 radical (unpaired) electrons. The summed E-state index contributed by atoms with van der Waals surface area (Å²) < 4.78 is 10.6. The normalized spacial score (nSPS) is 13.5. The van der Waals surface area contributed by atoms with Crippen LogP contribution in [0.15, 0.2) is 28.9 Å². The van der Waals surface area contributed by atoms with E-state index in [4.69, 9.17) is 14.9 Å². The molecule has 0 bridgehead atoms. The van der Waals surface area contributed by atoms with Crippen molar-refractivity contribution in [1.29, 1.82) is 0 Å². The molecule has 2 aromatic rings. The first-order valence-corrected chi connectivity index (χ1v) is 7.59. The van der Waals surface area contributed by atoms with E-state index >= 15 is 0 Å². The molecule has 2 atom stereocenters. The summed E-state index contributed by atoms with van der Waals surface area (Å²) in [6.45, 7) is 3.83. The van der Waals surface area contributed by atoms with Gasteiger partial charge in [0.05, 0.1) is 19.8 Å². The lowest BCUT2D eigenvalue weighted by atomic mass is 9.98. The number of rotatable bonds is 7. The van der Waals surface area contributed by atoms with Gasteiger partial charge in [0.25, 0.3) is 0 Å². The zero-order chi connectivity index (χ0) is 17.0. The number of amides is 2. The first kappa shape index (κ1) is 16.9. The number of methoxy groups -OCH3 is 1. The molecule has 6 nitrogen and oxygen atoms in total. The van der Waals surface area contributed by atoms with Gasteiger partial charge in [-0.15, -0.1) is 0 Å². The fourth-order valence-electron chi connectivity index (χ4n) is 2.45. The lowest BCUT2D eigenvalue weighted by molar-refractivity contribution is -0.128. The SMILES string of the molecule is CCC(C)C(NC(=O)Cc1coc2cc(OC)ccc12)C(N)=O. The third kappa shape index (κ3) is 3.83. The molecule has 0 spiro atoms. The fourth-order valence-corrected chi connectivity index (χ4v) is 2.45. The minimum atomic E-state index is -0.661. The summed E-state index contributed by atoms with van der Waals surface area (Å²) in [6.07, 6.45) is 2.42. The number of carbonyl (C=O) groups is 2. The third-order valence-electron chi connectivity index (χ3n) is 4.05. The van der Waals surface area contributed by atoms with Crippen LogP contribution < -0.4 is 15.8 Å². The number of hydrogen-bond acceptors (Lipinski definition) is 4. The number of benzene rings is 1. The summed E-state index contributed by atoms with van der Waals surface area (Å²) in [5, 5.41) is 3.56. The molecule has 23 heavy (non-hydrogen) atoms. The number of nitrogens with one attached hydrogen (secondary N) is 1. The molecular formula is C17H22N2O4. The van der Waals surface area contributed by atoms with Crippen LogP contribution in [0, 0.1) is 5.92 Å². The summed E-state index contributed by atoms with van der Waals surface area (Å²) in [5.74, 6) is -0.0997. The van der Waals surface area contributed by atoms with Crippen LogP contribution in [-0.4, -0.2) is 25.0 Å². The number of hydrogen-bond donors (Lipinski definition) is 2. The average molecular weight is 318 g/mol. The van der Waals surface area contributed by atoms with Gasteiger partial charge in [-0.05, 0) is 18.1 Å². The average Bonchev–Trinajstić information content (AvgIpc) is 2.93. The van der Waals surface area contributed by atoms with E-state index in [9.17, 15) is 9.59 Å². The Morgan fingerprint density at radius 2 is 2.13 bits per heavy atom. The van der Waals surface area contributed by atoms with E-state index in [0.717, 1.165) is 17.4 Å². The van der Waals surface area contributed by atoms with Gasteiger partial charge in [-0.25, -0.2) is 0 Å². The Hall–Kier alpha value is -2.50. The summed E-state index contributed by atoms with van der Waals surface area (Å²) >= 11 is 0. The predicted molar refractivity (Wildman–Crippen MR) is 87.1 cm³/mol. The Labute approximate surface area is 135 Å². The van der Waals surface area contributed by atoms with Crippen molar-refractivity contribution in [2.45, 2.75) is 32.7 Å². The molecule has 1 heterocycles. The number of furan rings is 1. The molecule has 124 valence electrons. The lowest BCUT2D eigenvalue weighted by Crippen LogP contribution is -2.48. The Balaban J connectivity index is 2.12. The van der Waals surface area contributed by atoms with Gasteiger partial charge in [0.2, 0.25) is 11.8 Å². The molecule has 0 aliphatic rings. The molecule has 2 amide bonds. The predicted octanol–water partition coefficient (Wildman–Crippen LogP) is 2.00. The molecule has 6 heteroatoms. The van der Waals surface area contributed by atoms with Crippen LogP contribution in [0.25, 0.3) is 11.0 Å². The monoisotopic (exact) mass is 318 g/mol. The highest BCUT2D eigenvalue weighted by atomic mass is 16.5. The van der Waals surface area contributed by atoms with Crippen molar-refractivity contribution >= 4 is 22.8 Å². The van der Waals surface area contributed by atoms with E-state index in [2.05, 4.69) is 5.32 Å². The summed E-state index contributed by atoms with van der Waals surface area (Å²) in [6, 6.07) is 4.76. The highest BCUT2D eigenvalue weighted by Crippen LogP contribution is 2.25. The molecular weight excluding hydrogens is 296 g/mol. The van der Waals surface area contributed by atoms with Crippen molar-refractivity contribution in [3.05, 3.63) is 30.0 Å². The first-order valence-electron chi connectivity index (χ1n) is 7.59. The minimum Gasteiger partial charge on any atom is -0.497 e. The van der Waals surface area contributed by atoms with Crippen molar-refractivity contribution in [3.8, 4) is 5.75 Å². The van der Waals surface area contributed by atoms with Crippen LogP contribution in [0.1, 0.15) is 25.8 Å². The number of nitrogens with two attached hydrogens (primary N) is 1. The highest BCUT2D eigenvalue weighted by Gasteiger charge is 2.24. The molecule has 3 N–H and O–H groups in total. The van der Waals surface area contributed by atoms with Gasteiger partial charge in [0, 0.05) is 17.0 Å². The standard InChI is InChI=1S/C17H22N2O4/c1-4-10(2)16(17(18)21)19-15(20)7-11-9-23-14-8-12(22-3)5-6-13(11)14/h5-6,8-10,16H,4,7H2,1-3H3,(H2,18,21)(H,19,20). The highest BCUT2D eigenvalue weighted by molar-refractivity contribution is 5.91. The molecule has 0 fully saturated rings. The topological polar surface area (TPSA) is 94.6 Å². The van der Waals surface area contributed by atoms with Gasteiger partial charge in [0.1, 0.15) is 17.4 Å². The first-order chi connectivity index (χ1) is 11.0. The van der Waals surface area contributed by atoms with E-state index in [1.54, 1.807) is 19.4 Å². The number of primary amides is 1. The molecule has 0 aliphatic carbocycles. The zero-order valence-corrected chi connectivity index (χ0v) is 13.6. The molecule has 1 aromatic carbocycles. The molecule has 0 saturated heterocycles. The number of ether oxygens (including phenoxy) is 1. The van der Waals surface area contributed by atoms with Crippen molar-refractivity contribution in [2.24, 2.45) is 11.7 Å². The lowest BCUT2D eigenvalue weighted by Gasteiger charge is -2.20. The summed E-state index contributed by atoms with van der Waals surface area (Å²) in [7, 11) is 1.58. The van der Waals surface area contributed by atoms with Crippen LogP contribution in [-0.2, 0) is 16.0 Å². The van der Waals surface area contributed by atoms with Gasteiger partial charge in [-0.3, -0.25) is 9.59 Å². The molecule has 0 saturated carbocycles. The molecule has 2 rings (SSSR count). The second-order valence-electron chi connectivity index (χ2n) is 5.63. The van der Waals surface area contributed by atoms with E-state index in [1.807, 2.05) is 26.0 Å². The van der Waals surface area contributed by atoms with Crippen molar-refractivity contribution in [2.75, 3.05) is 7.11 Å². The van der Waals surface area contributed by atoms with Crippen LogP contribution in [0.3, 0.4) is 0 Å². The van der Waals surface area contributed by atoms with Gasteiger partial charge in [0.15, 0.2) is 0 Å². The summed E-state index contributed by atoms with van der Waals surface area (Å²) in [4.78, 5) is 23.7. The van der Waals surface area contributed by atoms with Gasteiger partial charge in [-0.1, -0.05) is 20.3 Å². The van der Waals surface area contributed by atoms with Crippen LogP contribution in [0.2, 0.25) is 0 Å². The van der Waals surface area contributed by atoms with Crippen molar-refractivity contribution in [3.63, 3.8) is 0 Å². The maximum atomic E-state index is 12.2. The molecule has 0 aliphatic heterocycles. The Kier molecular flexibility index (Phi) is 5.26.